The summed E-state index contributed by atoms with van der Waals surface area (Å²) >= 11 is 0. The summed E-state index contributed by atoms with van der Waals surface area (Å²) in [6, 6.07) is 12.0. The molecule has 0 aliphatic rings. The third kappa shape index (κ3) is 4.98. The SMILES string of the molecule is CCOC(=O)Cc1ccc(-c2ccc(OS(=O)(=O)C(F)(F)F)cc2)cc1. The van der Waals surface area contributed by atoms with Gasteiger partial charge in [-0.25, -0.2) is 0 Å². The molecule has 0 atom stereocenters. The molecule has 0 fully saturated rings. The number of alkyl halides is 3. The molecule has 9 heteroatoms. The lowest BCUT2D eigenvalue weighted by Gasteiger charge is -2.10. The van der Waals surface area contributed by atoms with E-state index in [0.717, 1.165) is 23.3 Å². The lowest BCUT2D eigenvalue weighted by molar-refractivity contribution is -0.142. The van der Waals surface area contributed by atoms with Gasteiger partial charge in [-0.05, 0) is 35.7 Å². The van der Waals surface area contributed by atoms with Gasteiger partial charge in [0.25, 0.3) is 0 Å². The van der Waals surface area contributed by atoms with Gasteiger partial charge < -0.3 is 8.92 Å². The van der Waals surface area contributed by atoms with Crippen LogP contribution < -0.4 is 4.18 Å². The predicted octanol–water partition coefficient (Wildman–Crippen LogP) is 3.69. The molecule has 140 valence electrons. The molecule has 0 saturated heterocycles. The zero-order valence-electron chi connectivity index (χ0n) is 13.6. The molecule has 0 unspecified atom stereocenters. The second-order valence-corrected chi connectivity index (χ2v) is 6.72. The van der Waals surface area contributed by atoms with E-state index < -0.39 is 21.4 Å². The van der Waals surface area contributed by atoms with Gasteiger partial charge in [-0.2, -0.15) is 21.6 Å². The van der Waals surface area contributed by atoms with Crippen molar-refractivity contribution >= 4 is 16.1 Å². The lowest BCUT2D eigenvalue weighted by Crippen LogP contribution is -2.28. The van der Waals surface area contributed by atoms with Crippen LogP contribution in [0.1, 0.15) is 12.5 Å². The molecule has 5 nitrogen and oxygen atoms in total. The third-order valence-electron chi connectivity index (χ3n) is 3.28. The summed E-state index contributed by atoms with van der Waals surface area (Å²) in [6.45, 7) is 2.02. The second kappa shape index (κ2) is 7.77. The standard InChI is InChI=1S/C17H15F3O5S/c1-2-24-16(21)11-12-3-5-13(6-4-12)14-7-9-15(10-8-14)25-26(22,23)17(18,19)20/h3-10H,2,11H2,1H3. The van der Waals surface area contributed by atoms with Gasteiger partial charge in [-0.3, -0.25) is 4.79 Å². The molecule has 0 spiro atoms. The number of hydrogen-bond donors (Lipinski definition) is 0. The molecule has 0 heterocycles. The van der Waals surface area contributed by atoms with Crippen LogP contribution in [-0.2, 0) is 26.1 Å². The molecule has 0 saturated carbocycles. The number of esters is 1. The van der Waals surface area contributed by atoms with E-state index in [1.165, 1.54) is 12.1 Å². The Labute approximate surface area is 148 Å². The molecule has 0 aliphatic carbocycles. The number of carbonyl (C=O) groups excluding carboxylic acids is 1. The van der Waals surface area contributed by atoms with Gasteiger partial charge in [0.15, 0.2) is 0 Å². The topological polar surface area (TPSA) is 69.7 Å². The minimum Gasteiger partial charge on any atom is -0.466 e. The van der Waals surface area contributed by atoms with E-state index in [-0.39, 0.29) is 12.4 Å². The third-order valence-corrected chi connectivity index (χ3v) is 4.26. The van der Waals surface area contributed by atoms with Crippen LogP contribution in [0.2, 0.25) is 0 Å². The predicted molar refractivity (Wildman–Crippen MR) is 87.8 cm³/mol. The van der Waals surface area contributed by atoms with E-state index in [1.54, 1.807) is 31.2 Å². The van der Waals surface area contributed by atoms with Crippen molar-refractivity contribution in [1.82, 2.24) is 0 Å². The smallest absolute Gasteiger partial charge is 0.466 e. The highest BCUT2D eigenvalue weighted by Gasteiger charge is 2.48. The number of rotatable bonds is 6. The molecule has 26 heavy (non-hydrogen) atoms. The van der Waals surface area contributed by atoms with Crippen LogP contribution >= 0.6 is 0 Å². The van der Waals surface area contributed by atoms with E-state index in [2.05, 4.69) is 4.18 Å². The minimum absolute atomic E-state index is 0.135. The Morgan fingerprint density at radius 1 is 0.962 bits per heavy atom. The van der Waals surface area contributed by atoms with Crippen LogP contribution in [0.4, 0.5) is 13.2 Å². The van der Waals surface area contributed by atoms with E-state index >= 15 is 0 Å². The first-order chi connectivity index (χ1) is 12.1. The van der Waals surface area contributed by atoms with Crippen molar-refractivity contribution in [2.45, 2.75) is 18.9 Å². The number of benzene rings is 2. The van der Waals surface area contributed by atoms with Crippen molar-refractivity contribution in [3.05, 3.63) is 54.1 Å². The van der Waals surface area contributed by atoms with E-state index in [4.69, 9.17) is 4.74 Å². The molecule has 2 aromatic carbocycles. The molecular weight excluding hydrogens is 373 g/mol. The Hall–Kier alpha value is -2.55. The highest BCUT2D eigenvalue weighted by atomic mass is 32.2. The first-order valence-electron chi connectivity index (χ1n) is 7.48. The minimum atomic E-state index is -5.69. The molecule has 2 rings (SSSR count). The van der Waals surface area contributed by atoms with E-state index in [1.807, 2.05) is 0 Å². The van der Waals surface area contributed by atoms with Crippen LogP contribution in [0.15, 0.2) is 48.5 Å². The Balaban J connectivity index is 2.10. The fourth-order valence-electron chi connectivity index (χ4n) is 2.07. The summed E-state index contributed by atoms with van der Waals surface area (Å²) in [7, 11) is -5.69. The second-order valence-electron chi connectivity index (χ2n) is 5.19. The quantitative estimate of drug-likeness (QED) is 0.429. The molecule has 0 N–H and O–H groups in total. The van der Waals surface area contributed by atoms with Crippen LogP contribution in [0, 0.1) is 0 Å². The van der Waals surface area contributed by atoms with Crippen LogP contribution in [0.5, 0.6) is 5.75 Å². The molecule has 0 radical (unpaired) electrons. The van der Waals surface area contributed by atoms with E-state index in [9.17, 15) is 26.4 Å². The van der Waals surface area contributed by atoms with Gasteiger partial charge in [-0.15, -0.1) is 0 Å². The normalized spacial score (nSPS) is 11.8. The van der Waals surface area contributed by atoms with Crippen molar-refractivity contribution in [1.29, 1.82) is 0 Å². The maximum absolute atomic E-state index is 12.3. The number of ether oxygens (including phenoxy) is 1. The first kappa shape index (κ1) is 19.8. The molecule has 0 amide bonds. The van der Waals surface area contributed by atoms with Gasteiger partial charge in [0.1, 0.15) is 5.75 Å². The molecule has 2 aromatic rings. The van der Waals surface area contributed by atoms with Gasteiger partial charge in [-0.1, -0.05) is 36.4 Å². The molecule has 0 aromatic heterocycles. The lowest BCUT2D eigenvalue weighted by atomic mass is 10.0. The zero-order chi connectivity index (χ0) is 19.4. The number of halogens is 3. The van der Waals surface area contributed by atoms with E-state index in [0.29, 0.717) is 12.2 Å². The van der Waals surface area contributed by atoms with Crippen molar-refractivity contribution in [3.8, 4) is 16.9 Å². The molecule has 0 bridgehead atoms. The number of carbonyl (C=O) groups is 1. The maximum Gasteiger partial charge on any atom is 0.534 e. The first-order valence-corrected chi connectivity index (χ1v) is 8.89. The summed E-state index contributed by atoms with van der Waals surface area (Å²) in [5.41, 5.74) is -3.35. The highest BCUT2D eigenvalue weighted by Crippen LogP contribution is 2.28. The zero-order valence-corrected chi connectivity index (χ0v) is 14.4. The average molecular weight is 388 g/mol. The Morgan fingerprint density at radius 2 is 1.46 bits per heavy atom. The van der Waals surface area contributed by atoms with Gasteiger partial charge in [0.2, 0.25) is 0 Å². The van der Waals surface area contributed by atoms with Gasteiger partial charge in [0, 0.05) is 0 Å². The highest BCUT2D eigenvalue weighted by molar-refractivity contribution is 7.88. The van der Waals surface area contributed by atoms with Crippen molar-refractivity contribution in [2.24, 2.45) is 0 Å². The summed E-state index contributed by atoms with van der Waals surface area (Å²) in [6.07, 6.45) is 0.135. The van der Waals surface area contributed by atoms with Gasteiger partial charge in [0.05, 0.1) is 13.0 Å². The van der Waals surface area contributed by atoms with Crippen LogP contribution in [0.25, 0.3) is 11.1 Å². The maximum atomic E-state index is 12.3. The van der Waals surface area contributed by atoms with Crippen molar-refractivity contribution in [2.75, 3.05) is 6.61 Å². The largest absolute Gasteiger partial charge is 0.534 e. The summed E-state index contributed by atoms with van der Waals surface area (Å²) < 4.78 is 67.7. The number of hydrogen-bond acceptors (Lipinski definition) is 5. The fraction of sp³-hybridized carbons (Fsp3) is 0.235. The van der Waals surface area contributed by atoms with Crippen molar-refractivity contribution < 1.29 is 35.3 Å². The summed E-state index contributed by atoms with van der Waals surface area (Å²) in [4.78, 5) is 11.4. The Bertz CT molecular complexity index is 857. The molecule has 0 aliphatic heterocycles. The Morgan fingerprint density at radius 3 is 1.92 bits per heavy atom. The monoisotopic (exact) mass is 388 g/mol. The van der Waals surface area contributed by atoms with Crippen LogP contribution in [0.3, 0.4) is 0 Å². The average Bonchev–Trinajstić information content (AvgIpc) is 2.55. The van der Waals surface area contributed by atoms with Gasteiger partial charge >= 0.3 is 21.6 Å². The van der Waals surface area contributed by atoms with Crippen molar-refractivity contribution in [3.63, 3.8) is 0 Å². The molecular formula is C17H15F3O5S. The summed E-state index contributed by atoms with van der Waals surface area (Å²) in [5, 5.41) is 0. The Kier molecular flexibility index (Phi) is 5.91. The summed E-state index contributed by atoms with van der Waals surface area (Å²) in [5.74, 6) is -0.780. The fourth-order valence-corrected chi connectivity index (χ4v) is 2.53. The van der Waals surface area contributed by atoms with Crippen LogP contribution in [-0.4, -0.2) is 26.5 Å².